The number of hydrogen-bond donors (Lipinski definition) is 1. The summed E-state index contributed by atoms with van der Waals surface area (Å²) in [5.74, 6) is 1.51. The quantitative estimate of drug-likeness (QED) is 0.238. The standard InChI is InChI=1S/C28H30N4OS2/c1-4-21-13-15-22(16-14-21)29-27(33)25(5-2)35-28-31-30-26(32(28)23-9-7-6-8-10-23)19-34-24-17-11-20(3)12-18-24/h6-18,25H,4-5,19H2,1-3H3,(H,29,33). The van der Waals surface area contributed by atoms with Crippen LogP contribution in [0.3, 0.4) is 0 Å². The van der Waals surface area contributed by atoms with E-state index in [-0.39, 0.29) is 11.2 Å². The van der Waals surface area contributed by atoms with E-state index >= 15 is 0 Å². The van der Waals surface area contributed by atoms with Crippen LogP contribution < -0.4 is 5.32 Å². The van der Waals surface area contributed by atoms with E-state index in [1.54, 1.807) is 11.8 Å². The maximum atomic E-state index is 13.1. The lowest BCUT2D eigenvalue weighted by atomic mass is 10.1. The molecule has 0 fully saturated rings. The van der Waals surface area contributed by atoms with Crippen LogP contribution in [0.2, 0.25) is 0 Å². The van der Waals surface area contributed by atoms with Gasteiger partial charge in [0, 0.05) is 16.3 Å². The fraction of sp³-hybridized carbons (Fsp3) is 0.250. The molecule has 7 heteroatoms. The Balaban J connectivity index is 1.54. The highest BCUT2D eigenvalue weighted by Crippen LogP contribution is 2.31. The molecule has 0 radical (unpaired) electrons. The monoisotopic (exact) mass is 502 g/mol. The molecular formula is C28H30N4OS2. The lowest BCUT2D eigenvalue weighted by Gasteiger charge is -2.16. The van der Waals surface area contributed by atoms with Crippen LogP contribution in [0.4, 0.5) is 5.69 Å². The van der Waals surface area contributed by atoms with Gasteiger partial charge in [-0.1, -0.05) is 73.6 Å². The Bertz CT molecular complexity index is 1240. The van der Waals surface area contributed by atoms with Gasteiger partial charge in [0.05, 0.1) is 11.0 Å². The average molecular weight is 503 g/mol. The molecule has 35 heavy (non-hydrogen) atoms. The highest BCUT2D eigenvalue weighted by Gasteiger charge is 2.23. The molecule has 1 atom stereocenters. The van der Waals surface area contributed by atoms with Gasteiger partial charge in [0.15, 0.2) is 5.16 Å². The second-order valence-electron chi connectivity index (χ2n) is 8.23. The number of aromatic nitrogens is 3. The third-order valence-electron chi connectivity index (χ3n) is 5.64. The summed E-state index contributed by atoms with van der Waals surface area (Å²) in [7, 11) is 0. The first-order chi connectivity index (χ1) is 17.1. The summed E-state index contributed by atoms with van der Waals surface area (Å²) in [5, 5.41) is 12.5. The number of aryl methyl sites for hydroxylation is 2. The zero-order valence-electron chi connectivity index (χ0n) is 20.3. The Hall–Kier alpha value is -3.03. The number of carbonyl (C=O) groups excluding carboxylic acids is 1. The zero-order chi connectivity index (χ0) is 24.6. The SMILES string of the molecule is CCc1ccc(NC(=O)C(CC)Sc2nnc(CSc3ccc(C)cc3)n2-c2ccccc2)cc1. The highest BCUT2D eigenvalue weighted by molar-refractivity contribution is 8.00. The maximum Gasteiger partial charge on any atom is 0.237 e. The van der Waals surface area contributed by atoms with Crippen molar-refractivity contribution < 1.29 is 4.79 Å². The predicted molar refractivity (Wildman–Crippen MR) is 146 cm³/mol. The van der Waals surface area contributed by atoms with Crippen molar-refractivity contribution >= 4 is 35.1 Å². The first-order valence-corrected chi connectivity index (χ1v) is 13.7. The topological polar surface area (TPSA) is 59.8 Å². The van der Waals surface area contributed by atoms with E-state index in [9.17, 15) is 4.79 Å². The Morgan fingerprint density at radius 1 is 0.943 bits per heavy atom. The maximum absolute atomic E-state index is 13.1. The number of rotatable bonds is 10. The van der Waals surface area contributed by atoms with Crippen LogP contribution in [0.1, 0.15) is 37.2 Å². The second kappa shape index (κ2) is 12.1. The number of nitrogens with one attached hydrogen (secondary N) is 1. The van der Waals surface area contributed by atoms with Gasteiger partial charge in [-0.25, -0.2) is 0 Å². The molecule has 1 amide bonds. The average Bonchev–Trinajstić information content (AvgIpc) is 3.30. The van der Waals surface area contributed by atoms with Crippen LogP contribution in [-0.4, -0.2) is 25.9 Å². The van der Waals surface area contributed by atoms with E-state index in [1.807, 2.05) is 61.5 Å². The summed E-state index contributed by atoms with van der Waals surface area (Å²) in [6.45, 7) is 6.23. The van der Waals surface area contributed by atoms with E-state index in [0.717, 1.165) is 28.8 Å². The molecule has 0 aliphatic rings. The van der Waals surface area contributed by atoms with Crippen LogP contribution in [0.25, 0.3) is 5.69 Å². The van der Waals surface area contributed by atoms with Gasteiger partial charge in [-0.15, -0.1) is 22.0 Å². The van der Waals surface area contributed by atoms with Gasteiger partial charge in [-0.05, 0) is 61.7 Å². The van der Waals surface area contributed by atoms with Gasteiger partial charge < -0.3 is 5.32 Å². The van der Waals surface area contributed by atoms with E-state index in [1.165, 1.54) is 27.8 Å². The third kappa shape index (κ3) is 6.55. The van der Waals surface area contributed by atoms with Crippen molar-refractivity contribution in [3.63, 3.8) is 0 Å². The Morgan fingerprint density at radius 2 is 1.66 bits per heavy atom. The largest absolute Gasteiger partial charge is 0.325 e. The molecule has 0 spiro atoms. The number of anilines is 1. The second-order valence-corrected chi connectivity index (χ2v) is 10.4. The van der Waals surface area contributed by atoms with Crippen LogP contribution in [0.5, 0.6) is 0 Å². The van der Waals surface area contributed by atoms with Crippen LogP contribution in [0.15, 0.2) is 88.9 Å². The van der Waals surface area contributed by atoms with Crippen LogP contribution in [0, 0.1) is 6.92 Å². The summed E-state index contributed by atoms with van der Waals surface area (Å²) < 4.78 is 2.07. The summed E-state index contributed by atoms with van der Waals surface area (Å²) in [6, 6.07) is 26.6. The minimum Gasteiger partial charge on any atom is -0.325 e. The van der Waals surface area contributed by atoms with Crippen molar-refractivity contribution in [2.45, 2.75) is 54.7 Å². The number of hydrogen-bond acceptors (Lipinski definition) is 5. The third-order valence-corrected chi connectivity index (χ3v) is 7.96. The van der Waals surface area contributed by atoms with E-state index in [4.69, 9.17) is 0 Å². The molecule has 0 aliphatic carbocycles. The fourth-order valence-corrected chi connectivity index (χ4v) is 5.39. The summed E-state index contributed by atoms with van der Waals surface area (Å²) in [4.78, 5) is 14.3. The normalized spacial score (nSPS) is 11.9. The Morgan fingerprint density at radius 3 is 2.31 bits per heavy atom. The number of nitrogens with zero attached hydrogens (tertiary/aromatic N) is 3. The first-order valence-electron chi connectivity index (χ1n) is 11.8. The number of para-hydroxylation sites is 1. The molecule has 1 aromatic heterocycles. The minimum atomic E-state index is -0.287. The summed E-state index contributed by atoms with van der Waals surface area (Å²) in [6.07, 6.45) is 1.65. The molecule has 180 valence electrons. The van der Waals surface area contributed by atoms with Crippen LogP contribution in [-0.2, 0) is 17.0 Å². The molecule has 1 unspecified atom stereocenters. The molecule has 0 aliphatic heterocycles. The highest BCUT2D eigenvalue weighted by atomic mass is 32.2. The van der Waals surface area contributed by atoms with Crippen LogP contribution >= 0.6 is 23.5 Å². The lowest BCUT2D eigenvalue weighted by Crippen LogP contribution is -2.25. The van der Waals surface area contributed by atoms with E-state index < -0.39 is 0 Å². The van der Waals surface area contributed by atoms with Gasteiger partial charge >= 0.3 is 0 Å². The van der Waals surface area contributed by atoms with Crippen molar-refractivity contribution in [2.24, 2.45) is 0 Å². The molecule has 4 rings (SSSR count). The smallest absolute Gasteiger partial charge is 0.237 e. The summed E-state index contributed by atoms with van der Waals surface area (Å²) in [5.41, 5.74) is 4.29. The van der Waals surface area contributed by atoms with E-state index in [2.05, 4.69) is 58.2 Å². The van der Waals surface area contributed by atoms with E-state index in [0.29, 0.717) is 12.2 Å². The van der Waals surface area contributed by atoms with Crippen molar-refractivity contribution in [1.29, 1.82) is 0 Å². The molecule has 5 nitrogen and oxygen atoms in total. The molecule has 4 aromatic rings. The van der Waals surface area contributed by atoms with Gasteiger partial charge in [-0.2, -0.15) is 0 Å². The first kappa shape index (κ1) is 25.1. The van der Waals surface area contributed by atoms with Crippen molar-refractivity contribution in [1.82, 2.24) is 14.8 Å². The molecule has 3 aromatic carbocycles. The number of amides is 1. The van der Waals surface area contributed by atoms with Crippen molar-refractivity contribution in [2.75, 3.05) is 5.32 Å². The van der Waals surface area contributed by atoms with Gasteiger partial charge in [0.1, 0.15) is 5.82 Å². The molecule has 1 heterocycles. The fourth-order valence-electron chi connectivity index (χ4n) is 3.58. The Labute approximate surface area is 215 Å². The van der Waals surface area contributed by atoms with Gasteiger partial charge in [-0.3, -0.25) is 9.36 Å². The number of benzene rings is 3. The molecule has 0 saturated carbocycles. The summed E-state index contributed by atoms with van der Waals surface area (Å²) >= 11 is 3.19. The minimum absolute atomic E-state index is 0.0278. The van der Waals surface area contributed by atoms with Gasteiger partial charge in [0.2, 0.25) is 5.91 Å². The van der Waals surface area contributed by atoms with Gasteiger partial charge in [0.25, 0.3) is 0 Å². The number of thioether (sulfide) groups is 2. The Kier molecular flexibility index (Phi) is 8.66. The zero-order valence-corrected chi connectivity index (χ0v) is 21.9. The molecule has 0 saturated heterocycles. The van der Waals surface area contributed by atoms with Crippen molar-refractivity contribution in [3.05, 3.63) is 95.8 Å². The predicted octanol–water partition coefficient (Wildman–Crippen LogP) is 6.94. The molecule has 0 bridgehead atoms. The number of carbonyl (C=O) groups is 1. The lowest BCUT2D eigenvalue weighted by molar-refractivity contribution is -0.115. The van der Waals surface area contributed by atoms with Crippen molar-refractivity contribution in [3.8, 4) is 5.69 Å². The molecular weight excluding hydrogens is 472 g/mol. The molecule has 1 N–H and O–H groups in total.